The molecule has 2 aliphatic heterocycles. The van der Waals surface area contributed by atoms with Gasteiger partial charge in [0.1, 0.15) is 0 Å². The van der Waals surface area contributed by atoms with Crippen LogP contribution in [-0.4, -0.2) is 44.4 Å². The average molecular weight is 255 g/mol. The molecule has 3 unspecified atom stereocenters. The van der Waals surface area contributed by atoms with Crippen molar-refractivity contribution in [3.8, 4) is 0 Å². The van der Waals surface area contributed by atoms with Crippen molar-refractivity contribution in [2.45, 2.75) is 44.7 Å². The van der Waals surface area contributed by atoms with Gasteiger partial charge in [0.15, 0.2) is 0 Å². The number of amides is 2. The van der Waals surface area contributed by atoms with Gasteiger partial charge in [-0.25, -0.2) is 4.79 Å². The molecule has 2 saturated heterocycles. The van der Waals surface area contributed by atoms with Gasteiger partial charge in [0, 0.05) is 19.2 Å². The van der Waals surface area contributed by atoms with Crippen LogP contribution in [0.4, 0.5) is 4.79 Å². The Kier molecular flexibility index (Phi) is 5.26. The summed E-state index contributed by atoms with van der Waals surface area (Å²) in [5.41, 5.74) is 0. The summed E-state index contributed by atoms with van der Waals surface area (Å²) in [4.78, 5) is 11.7. The Morgan fingerprint density at radius 1 is 1.44 bits per heavy atom. The van der Waals surface area contributed by atoms with E-state index in [1.807, 2.05) is 0 Å². The molecule has 0 aromatic carbocycles. The second-order valence-electron chi connectivity index (χ2n) is 5.29. The fourth-order valence-corrected chi connectivity index (χ4v) is 2.83. The molecule has 0 aromatic rings. The van der Waals surface area contributed by atoms with E-state index in [2.05, 4.69) is 22.9 Å². The van der Waals surface area contributed by atoms with Crippen molar-refractivity contribution < 1.29 is 9.53 Å². The summed E-state index contributed by atoms with van der Waals surface area (Å²) in [5.74, 6) is 0.689. The largest absolute Gasteiger partial charge is 0.379 e. The van der Waals surface area contributed by atoms with Crippen LogP contribution in [0.5, 0.6) is 0 Å². The third-order valence-electron chi connectivity index (χ3n) is 4.00. The van der Waals surface area contributed by atoms with Crippen LogP contribution in [0.3, 0.4) is 0 Å². The highest BCUT2D eigenvalue weighted by atomic mass is 16.5. The standard InChI is InChI=1S/C13H25N3O2/c1-2-10-4-3-6-14-12(10)8-15-13(17)16-11-5-7-18-9-11/h10-12,14H,2-9H2,1H3,(H2,15,16,17). The number of hydrogen-bond donors (Lipinski definition) is 3. The SMILES string of the molecule is CCC1CCCNC1CNC(=O)NC1CCOC1. The van der Waals surface area contributed by atoms with Crippen molar-refractivity contribution in [2.75, 3.05) is 26.3 Å². The first kappa shape index (κ1) is 13.6. The van der Waals surface area contributed by atoms with E-state index < -0.39 is 0 Å². The minimum absolute atomic E-state index is 0.0623. The zero-order chi connectivity index (χ0) is 12.8. The second kappa shape index (κ2) is 6.95. The molecule has 3 N–H and O–H groups in total. The molecule has 3 atom stereocenters. The molecule has 0 radical (unpaired) electrons. The summed E-state index contributed by atoms with van der Waals surface area (Å²) < 4.78 is 5.23. The van der Waals surface area contributed by atoms with Gasteiger partial charge in [-0.2, -0.15) is 0 Å². The Bertz CT molecular complexity index is 267. The monoisotopic (exact) mass is 255 g/mol. The van der Waals surface area contributed by atoms with Crippen LogP contribution in [0, 0.1) is 5.92 Å². The Hall–Kier alpha value is -0.810. The van der Waals surface area contributed by atoms with E-state index in [-0.39, 0.29) is 12.1 Å². The van der Waals surface area contributed by atoms with E-state index in [4.69, 9.17) is 4.74 Å². The smallest absolute Gasteiger partial charge is 0.315 e. The van der Waals surface area contributed by atoms with E-state index >= 15 is 0 Å². The molecule has 2 rings (SSSR count). The lowest BCUT2D eigenvalue weighted by atomic mass is 9.89. The number of piperidine rings is 1. The molecule has 0 saturated carbocycles. The molecule has 0 bridgehead atoms. The summed E-state index contributed by atoms with van der Waals surface area (Å²) in [7, 11) is 0. The number of rotatable bonds is 4. The Morgan fingerprint density at radius 3 is 3.06 bits per heavy atom. The predicted octanol–water partition coefficient (Wildman–Crippen LogP) is 0.853. The van der Waals surface area contributed by atoms with Crippen molar-refractivity contribution in [2.24, 2.45) is 5.92 Å². The zero-order valence-corrected chi connectivity index (χ0v) is 11.2. The Balaban J connectivity index is 1.67. The van der Waals surface area contributed by atoms with Crippen molar-refractivity contribution in [3.63, 3.8) is 0 Å². The van der Waals surface area contributed by atoms with E-state index in [0.29, 0.717) is 18.6 Å². The van der Waals surface area contributed by atoms with E-state index in [1.54, 1.807) is 0 Å². The topological polar surface area (TPSA) is 62.4 Å². The number of carbonyl (C=O) groups excluding carboxylic acids is 1. The van der Waals surface area contributed by atoms with Gasteiger partial charge in [-0.3, -0.25) is 0 Å². The van der Waals surface area contributed by atoms with Gasteiger partial charge in [0.2, 0.25) is 0 Å². The molecule has 5 nitrogen and oxygen atoms in total. The minimum Gasteiger partial charge on any atom is -0.379 e. The van der Waals surface area contributed by atoms with Gasteiger partial charge in [-0.1, -0.05) is 13.3 Å². The second-order valence-corrected chi connectivity index (χ2v) is 5.29. The van der Waals surface area contributed by atoms with E-state index in [1.165, 1.54) is 19.3 Å². The molecule has 104 valence electrons. The first-order valence-corrected chi connectivity index (χ1v) is 7.15. The van der Waals surface area contributed by atoms with Crippen molar-refractivity contribution >= 4 is 6.03 Å². The number of ether oxygens (including phenoxy) is 1. The van der Waals surface area contributed by atoms with Crippen LogP contribution in [0.25, 0.3) is 0 Å². The van der Waals surface area contributed by atoms with Gasteiger partial charge in [0.25, 0.3) is 0 Å². The van der Waals surface area contributed by atoms with Crippen LogP contribution < -0.4 is 16.0 Å². The highest BCUT2D eigenvalue weighted by molar-refractivity contribution is 5.74. The van der Waals surface area contributed by atoms with Gasteiger partial charge in [0.05, 0.1) is 12.6 Å². The van der Waals surface area contributed by atoms with Gasteiger partial charge in [-0.05, 0) is 31.7 Å². The summed E-state index contributed by atoms with van der Waals surface area (Å²) in [6.45, 7) is 5.42. The van der Waals surface area contributed by atoms with E-state index in [0.717, 1.165) is 26.1 Å². The summed E-state index contributed by atoms with van der Waals surface area (Å²) in [5, 5.41) is 9.43. The zero-order valence-electron chi connectivity index (χ0n) is 11.2. The van der Waals surface area contributed by atoms with E-state index in [9.17, 15) is 4.79 Å². The van der Waals surface area contributed by atoms with Crippen LogP contribution in [0.1, 0.15) is 32.6 Å². The average Bonchev–Trinajstić information content (AvgIpc) is 2.89. The molecule has 2 fully saturated rings. The minimum atomic E-state index is -0.0623. The third kappa shape index (κ3) is 3.85. The van der Waals surface area contributed by atoms with Gasteiger partial charge >= 0.3 is 6.03 Å². The lowest BCUT2D eigenvalue weighted by Crippen LogP contribution is -2.51. The van der Waals surface area contributed by atoms with Crippen molar-refractivity contribution in [3.05, 3.63) is 0 Å². The molecule has 2 aliphatic rings. The number of hydrogen-bond acceptors (Lipinski definition) is 3. The van der Waals surface area contributed by atoms with Gasteiger partial charge < -0.3 is 20.7 Å². The highest BCUT2D eigenvalue weighted by Crippen LogP contribution is 2.19. The number of nitrogens with one attached hydrogen (secondary N) is 3. The summed E-state index contributed by atoms with van der Waals surface area (Å²) in [6, 6.07) is 0.549. The fraction of sp³-hybridized carbons (Fsp3) is 0.923. The highest BCUT2D eigenvalue weighted by Gasteiger charge is 2.24. The first-order chi connectivity index (χ1) is 8.79. The Labute approximate surface area is 109 Å². The first-order valence-electron chi connectivity index (χ1n) is 7.15. The van der Waals surface area contributed by atoms with Crippen LogP contribution in [0.15, 0.2) is 0 Å². The van der Waals surface area contributed by atoms with Crippen LogP contribution >= 0.6 is 0 Å². The maximum absolute atomic E-state index is 11.7. The summed E-state index contributed by atoms with van der Waals surface area (Å²) in [6.07, 6.45) is 4.62. The number of carbonyl (C=O) groups is 1. The van der Waals surface area contributed by atoms with Gasteiger partial charge in [-0.15, -0.1) is 0 Å². The maximum Gasteiger partial charge on any atom is 0.315 e. The molecule has 5 heteroatoms. The number of urea groups is 1. The molecular formula is C13H25N3O2. The molecular weight excluding hydrogens is 230 g/mol. The third-order valence-corrected chi connectivity index (χ3v) is 4.00. The molecule has 0 aromatic heterocycles. The molecule has 18 heavy (non-hydrogen) atoms. The normalized spacial score (nSPS) is 32.2. The summed E-state index contributed by atoms with van der Waals surface area (Å²) >= 11 is 0. The van der Waals surface area contributed by atoms with Crippen molar-refractivity contribution in [1.82, 2.24) is 16.0 Å². The lowest BCUT2D eigenvalue weighted by Gasteiger charge is -2.32. The molecule has 0 spiro atoms. The predicted molar refractivity (Wildman–Crippen MR) is 70.6 cm³/mol. The van der Waals surface area contributed by atoms with Crippen LogP contribution in [-0.2, 0) is 4.74 Å². The lowest BCUT2D eigenvalue weighted by molar-refractivity contribution is 0.188. The van der Waals surface area contributed by atoms with Crippen molar-refractivity contribution in [1.29, 1.82) is 0 Å². The molecule has 2 heterocycles. The molecule has 0 aliphatic carbocycles. The molecule has 2 amide bonds. The van der Waals surface area contributed by atoms with Crippen LogP contribution in [0.2, 0.25) is 0 Å². The Morgan fingerprint density at radius 2 is 2.33 bits per heavy atom. The maximum atomic E-state index is 11.7. The fourth-order valence-electron chi connectivity index (χ4n) is 2.83. The quantitative estimate of drug-likeness (QED) is 0.698.